The van der Waals surface area contributed by atoms with Crippen molar-refractivity contribution in [3.8, 4) is 11.3 Å². The molecule has 0 bridgehead atoms. The Bertz CT molecular complexity index is 846. The number of unbranched alkanes of at least 4 members (excludes halogenated alkanes) is 2. The first kappa shape index (κ1) is 31.1. The van der Waals surface area contributed by atoms with Crippen LogP contribution in [0.15, 0.2) is 23.6 Å². The molecule has 0 amide bonds. The lowest BCUT2D eigenvalue weighted by Gasteiger charge is -2.32. The first-order chi connectivity index (χ1) is 17.5. The number of fused-ring (bicyclic) bond motifs is 1. The van der Waals surface area contributed by atoms with E-state index < -0.39 is 0 Å². The molecule has 6 heteroatoms. The lowest BCUT2D eigenvalue weighted by molar-refractivity contribution is 0.281. The fraction of sp³-hybridized carbons (Fsp3) is 0.700. The Morgan fingerprint density at radius 2 is 1.64 bits per heavy atom. The van der Waals surface area contributed by atoms with Gasteiger partial charge in [0.1, 0.15) is 0 Å². The van der Waals surface area contributed by atoms with Gasteiger partial charge in [-0.05, 0) is 86.6 Å². The highest BCUT2D eigenvalue weighted by atomic mass is 32.2. The standard InChI is InChI=1S/C24H35N3OS.C4H10.C2H6S/c1-17-5-6-18(2)22-15-19(7-8-21(17)22)23-16-29-24(26-23)27-12-9-20(10-13-27)25-11-3-4-14-28;1-3-4-2;1-3-2/h7-8,15-18,20,25,28H,3-6,9-14H2,1-2H3;3-4H2,1-2H3;1-2H3/t17?,18-;;/m0../s1. The van der Waals surface area contributed by atoms with Crippen LogP contribution in [0.2, 0.25) is 0 Å². The minimum absolute atomic E-state index is 0.300. The van der Waals surface area contributed by atoms with Crippen molar-refractivity contribution in [3.63, 3.8) is 0 Å². The third kappa shape index (κ3) is 9.66. The van der Waals surface area contributed by atoms with Gasteiger partial charge in [0.25, 0.3) is 0 Å². The molecular formula is C30H51N3OS2. The molecule has 2 N–H and O–H groups in total. The van der Waals surface area contributed by atoms with Gasteiger partial charge in [0.15, 0.2) is 5.13 Å². The summed E-state index contributed by atoms with van der Waals surface area (Å²) in [6.07, 6.45) is 13.6. The maximum absolute atomic E-state index is 8.89. The molecule has 2 atom stereocenters. The number of hydrogen-bond donors (Lipinski definition) is 2. The van der Waals surface area contributed by atoms with Crippen LogP contribution in [0.4, 0.5) is 5.13 Å². The molecule has 2 heterocycles. The van der Waals surface area contributed by atoms with Crippen LogP contribution in [0.25, 0.3) is 11.3 Å². The molecule has 204 valence electrons. The number of thiazole rings is 1. The maximum Gasteiger partial charge on any atom is 0.185 e. The van der Waals surface area contributed by atoms with Crippen LogP contribution < -0.4 is 10.2 Å². The molecular weight excluding hydrogens is 482 g/mol. The molecule has 0 saturated carbocycles. The predicted octanol–water partition coefficient (Wildman–Crippen LogP) is 7.93. The Labute approximate surface area is 229 Å². The van der Waals surface area contributed by atoms with Crippen molar-refractivity contribution in [1.29, 1.82) is 0 Å². The fourth-order valence-corrected chi connectivity index (χ4v) is 5.67. The van der Waals surface area contributed by atoms with Crippen LogP contribution in [0.3, 0.4) is 0 Å². The molecule has 2 aromatic rings. The van der Waals surface area contributed by atoms with Gasteiger partial charge in [-0.25, -0.2) is 4.98 Å². The number of thioether (sulfide) groups is 1. The zero-order valence-electron chi connectivity index (χ0n) is 23.7. The molecule has 36 heavy (non-hydrogen) atoms. The van der Waals surface area contributed by atoms with Gasteiger partial charge >= 0.3 is 0 Å². The number of rotatable bonds is 8. The van der Waals surface area contributed by atoms with Crippen LogP contribution in [0.5, 0.6) is 0 Å². The van der Waals surface area contributed by atoms with Crippen molar-refractivity contribution in [1.82, 2.24) is 10.3 Å². The Kier molecular flexibility index (Phi) is 15.1. The highest BCUT2D eigenvalue weighted by Gasteiger charge is 2.24. The molecule has 4 nitrogen and oxygen atoms in total. The topological polar surface area (TPSA) is 48.4 Å². The quantitative estimate of drug-likeness (QED) is 0.337. The number of benzene rings is 1. The molecule has 1 unspecified atom stereocenters. The lowest BCUT2D eigenvalue weighted by atomic mass is 9.77. The molecule has 1 fully saturated rings. The molecule has 4 rings (SSSR count). The summed E-state index contributed by atoms with van der Waals surface area (Å²) in [6, 6.07) is 7.62. The molecule has 1 aromatic carbocycles. The monoisotopic (exact) mass is 533 g/mol. The van der Waals surface area contributed by atoms with E-state index in [0.717, 1.165) is 43.3 Å². The second-order valence-electron chi connectivity index (χ2n) is 10.3. The van der Waals surface area contributed by atoms with E-state index in [1.807, 2.05) is 12.5 Å². The van der Waals surface area contributed by atoms with Crippen molar-refractivity contribution < 1.29 is 5.11 Å². The number of piperidine rings is 1. The first-order valence-corrected chi connectivity index (χ1v) is 16.6. The highest BCUT2D eigenvalue weighted by Crippen LogP contribution is 2.40. The summed E-state index contributed by atoms with van der Waals surface area (Å²) >= 11 is 3.53. The van der Waals surface area contributed by atoms with Crippen molar-refractivity contribution in [2.24, 2.45) is 0 Å². The zero-order valence-corrected chi connectivity index (χ0v) is 25.3. The summed E-state index contributed by atoms with van der Waals surface area (Å²) in [7, 11) is 0. The van der Waals surface area contributed by atoms with E-state index >= 15 is 0 Å². The summed E-state index contributed by atoms with van der Waals surface area (Å²) in [5, 5.41) is 15.9. The molecule has 0 spiro atoms. The van der Waals surface area contributed by atoms with Crippen LogP contribution in [-0.4, -0.2) is 54.9 Å². The lowest BCUT2D eigenvalue weighted by Crippen LogP contribution is -2.42. The largest absolute Gasteiger partial charge is 0.396 e. The summed E-state index contributed by atoms with van der Waals surface area (Å²) in [4.78, 5) is 7.45. The number of aromatic nitrogens is 1. The van der Waals surface area contributed by atoms with E-state index in [4.69, 9.17) is 10.1 Å². The van der Waals surface area contributed by atoms with Crippen molar-refractivity contribution >= 4 is 28.2 Å². The minimum Gasteiger partial charge on any atom is -0.396 e. The fourth-order valence-electron chi connectivity index (χ4n) is 4.78. The Hall–Kier alpha value is -1.08. The van der Waals surface area contributed by atoms with Gasteiger partial charge in [-0.1, -0.05) is 52.7 Å². The van der Waals surface area contributed by atoms with E-state index in [-0.39, 0.29) is 0 Å². The van der Waals surface area contributed by atoms with Gasteiger partial charge < -0.3 is 15.3 Å². The maximum atomic E-state index is 8.89. The smallest absolute Gasteiger partial charge is 0.185 e. The van der Waals surface area contributed by atoms with E-state index in [9.17, 15) is 0 Å². The third-order valence-corrected chi connectivity index (χ3v) is 8.15. The number of anilines is 1. The van der Waals surface area contributed by atoms with Gasteiger partial charge in [0.05, 0.1) is 5.69 Å². The van der Waals surface area contributed by atoms with Gasteiger partial charge in [0, 0.05) is 36.7 Å². The first-order valence-electron chi connectivity index (χ1n) is 14.1. The second-order valence-corrected chi connectivity index (χ2v) is 11.9. The summed E-state index contributed by atoms with van der Waals surface area (Å²) in [6.45, 7) is 12.5. The van der Waals surface area contributed by atoms with E-state index in [1.165, 1.54) is 55.2 Å². The average molecular weight is 534 g/mol. The number of nitrogens with one attached hydrogen (secondary N) is 1. The molecule has 1 aliphatic carbocycles. The van der Waals surface area contributed by atoms with E-state index in [0.29, 0.717) is 24.5 Å². The number of aliphatic hydroxyl groups excluding tert-OH is 1. The minimum atomic E-state index is 0.300. The van der Waals surface area contributed by atoms with Gasteiger partial charge in [-0.15, -0.1) is 11.3 Å². The highest BCUT2D eigenvalue weighted by molar-refractivity contribution is 7.97. The van der Waals surface area contributed by atoms with E-state index in [1.54, 1.807) is 23.1 Å². The molecule has 0 radical (unpaired) electrons. The van der Waals surface area contributed by atoms with Gasteiger partial charge in [0.2, 0.25) is 0 Å². The Morgan fingerprint density at radius 1 is 1.00 bits per heavy atom. The van der Waals surface area contributed by atoms with E-state index in [2.05, 4.69) is 61.5 Å². The van der Waals surface area contributed by atoms with Crippen LogP contribution in [0.1, 0.15) is 102 Å². The predicted molar refractivity (Wildman–Crippen MR) is 163 cm³/mol. The zero-order chi connectivity index (χ0) is 26.3. The molecule has 1 aliphatic heterocycles. The van der Waals surface area contributed by atoms with Crippen molar-refractivity contribution in [2.45, 2.75) is 96.9 Å². The normalized spacial score (nSPS) is 19.6. The number of hydrogen-bond acceptors (Lipinski definition) is 6. The average Bonchev–Trinajstić information content (AvgIpc) is 3.40. The molecule has 1 aromatic heterocycles. The van der Waals surface area contributed by atoms with Gasteiger partial charge in [-0.2, -0.15) is 11.8 Å². The number of aliphatic hydroxyl groups is 1. The Morgan fingerprint density at radius 3 is 2.25 bits per heavy atom. The number of nitrogens with zero attached hydrogens (tertiary/aromatic N) is 2. The molecule has 2 aliphatic rings. The Balaban J connectivity index is 0.000000583. The van der Waals surface area contributed by atoms with Gasteiger partial charge in [-0.3, -0.25) is 0 Å². The van der Waals surface area contributed by atoms with Crippen molar-refractivity contribution in [3.05, 3.63) is 34.7 Å². The second kappa shape index (κ2) is 17.4. The summed E-state index contributed by atoms with van der Waals surface area (Å²) in [5.74, 6) is 1.34. The summed E-state index contributed by atoms with van der Waals surface area (Å²) < 4.78 is 0. The van der Waals surface area contributed by atoms with Crippen LogP contribution in [-0.2, 0) is 0 Å². The SMILES string of the molecule is CC1CC[C@H](C)c2cc(-c3csc(N4CCC(NCCCCO)CC4)n3)ccc21.CCCC.CSC. The van der Waals surface area contributed by atoms with Crippen LogP contribution >= 0.6 is 23.1 Å². The molecule has 1 saturated heterocycles. The summed E-state index contributed by atoms with van der Waals surface area (Å²) in [5.41, 5.74) is 5.47. The van der Waals surface area contributed by atoms with Crippen molar-refractivity contribution in [2.75, 3.05) is 43.7 Å². The third-order valence-electron chi connectivity index (χ3n) is 7.25. The van der Waals surface area contributed by atoms with Crippen LogP contribution in [0, 0.1) is 0 Å².